The number of benzene rings is 2. The van der Waals surface area contributed by atoms with E-state index in [-0.39, 0.29) is 16.9 Å². The zero-order chi connectivity index (χ0) is 19.4. The number of aromatic nitrogens is 2. The molecule has 2 aromatic carbocycles. The summed E-state index contributed by atoms with van der Waals surface area (Å²) in [4.78, 5) is 12.1. The van der Waals surface area contributed by atoms with Gasteiger partial charge in [-0.3, -0.25) is 4.79 Å². The van der Waals surface area contributed by atoms with Crippen molar-refractivity contribution in [2.45, 2.75) is 5.22 Å². The average molecular weight is 445 g/mol. The van der Waals surface area contributed by atoms with Gasteiger partial charge in [0.2, 0.25) is 5.91 Å². The molecule has 0 radical (unpaired) electrons. The number of rotatable bonds is 6. The topological polar surface area (TPSA) is 77.2 Å². The van der Waals surface area contributed by atoms with Gasteiger partial charge in [-0.05, 0) is 24.3 Å². The van der Waals surface area contributed by atoms with Crippen molar-refractivity contribution in [3.8, 4) is 17.2 Å². The maximum Gasteiger partial charge on any atom is 0.277 e. The van der Waals surface area contributed by atoms with Crippen LogP contribution in [-0.2, 0) is 4.79 Å². The van der Waals surface area contributed by atoms with Crippen LogP contribution in [0.3, 0.4) is 0 Å². The van der Waals surface area contributed by atoms with Gasteiger partial charge in [-0.25, -0.2) is 0 Å². The summed E-state index contributed by atoms with van der Waals surface area (Å²) < 4.78 is 10.9. The van der Waals surface area contributed by atoms with Gasteiger partial charge in [0.25, 0.3) is 11.1 Å². The smallest absolute Gasteiger partial charge is 0.277 e. The zero-order valence-corrected chi connectivity index (χ0v) is 16.9. The van der Waals surface area contributed by atoms with Gasteiger partial charge < -0.3 is 14.5 Å². The lowest BCUT2D eigenvalue weighted by atomic mass is 10.2. The zero-order valence-electron chi connectivity index (χ0n) is 13.8. The molecule has 6 nitrogen and oxygen atoms in total. The van der Waals surface area contributed by atoms with Crippen molar-refractivity contribution < 1.29 is 13.9 Å². The highest BCUT2D eigenvalue weighted by Crippen LogP contribution is 2.33. The van der Waals surface area contributed by atoms with Crippen molar-refractivity contribution >= 4 is 58.2 Å². The van der Waals surface area contributed by atoms with Crippen LogP contribution in [0.4, 0.5) is 5.69 Å². The number of anilines is 1. The molecular formula is C17H12Cl3N3O3S. The number of hydrogen-bond donors (Lipinski definition) is 1. The standard InChI is InChI=1S/C17H12Cl3N3O3S/c1-25-14-5-3-2-4-9(14)16-22-23-17(26-16)27-8-15(24)21-13-7-11(19)10(18)6-12(13)20/h2-7H,8H2,1H3,(H,21,24). The first-order valence-corrected chi connectivity index (χ1v) is 9.64. The highest BCUT2D eigenvalue weighted by Gasteiger charge is 2.15. The Bertz CT molecular complexity index is 981. The molecule has 0 saturated carbocycles. The van der Waals surface area contributed by atoms with Crippen LogP contribution in [0.15, 0.2) is 46.0 Å². The highest BCUT2D eigenvalue weighted by molar-refractivity contribution is 7.99. The summed E-state index contributed by atoms with van der Waals surface area (Å²) in [5.41, 5.74) is 1.04. The van der Waals surface area contributed by atoms with E-state index in [2.05, 4.69) is 15.5 Å². The average Bonchev–Trinajstić information content (AvgIpc) is 3.13. The van der Waals surface area contributed by atoms with Gasteiger partial charge in [0.15, 0.2) is 0 Å². The first-order chi connectivity index (χ1) is 13.0. The Morgan fingerprint density at radius 3 is 2.67 bits per heavy atom. The van der Waals surface area contributed by atoms with Crippen LogP contribution in [0.2, 0.25) is 15.1 Å². The third-order valence-electron chi connectivity index (χ3n) is 3.35. The Balaban J connectivity index is 1.63. The van der Waals surface area contributed by atoms with E-state index in [4.69, 9.17) is 44.0 Å². The van der Waals surface area contributed by atoms with E-state index in [0.29, 0.717) is 38.0 Å². The number of nitrogens with zero attached hydrogens (tertiary/aromatic N) is 2. The highest BCUT2D eigenvalue weighted by atomic mass is 35.5. The Hall–Kier alpha value is -1.93. The SMILES string of the molecule is COc1ccccc1-c1nnc(SCC(=O)Nc2cc(Cl)c(Cl)cc2Cl)o1. The van der Waals surface area contributed by atoms with Crippen molar-refractivity contribution in [3.63, 3.8) is 0 Å². The van der Waals surface area contributed by atoms with E-state index in [1.165, 1.54) is 12.1 Å². The molecule has 0 saturated heterocycles. The maximum absolute atomic E-state index is 12.1. The second-order valence-electron chi connectivity index (χ2n) is 5.16. The number of hydrogen-bond acceptors (Lipinski definition) is 6. The van der Waals surface area contributed by atoms with E-state index in [0.717, 1.165) is 11.8 Å². The second-order valence-corrected chi connectivity index (χ2v) is 7.30. The Morgan fingerprint density at radius 1 is 1.15 bits per heavy atom. The fraction of sp³-hybridized carbons (Fsp3) is 0.118. The van der Waals surface area contributed by atoms with Crippen molar-refractivity contribution in [2.75, 3.05) is 18.2 Å². The lowest BCUT2D eigenvalue weighted by molar-refractivity contribution is -0.113. The maximum atomic E-state index is 12.1. The van der Waals surface area contributed by atoms with Gasteiger partial charge in [-0.1, -0.05) is 58.7 Å². The van der Waals surface area contributed by atoms with E-state index >= 15 is 0 Å². The molecular weight excluding hydrogens is 433 g/mol. The lowest BCUT2D eigenvalue weighted by Crippen LogP contribution is -2.14. The van der Waals surface area contributed by atoms with Gasteiger partial charge >= 0.3 is 0 Å². The lowest BCUT2D eigenvalue weighted by Gasteiger charge is -2.08. The molecule has 27 heavy (non-hydrogen) atoms. The van der Waals surface area contributed by atoms with Gasteiger partial charge in [-0.15, -0.1) is 10.2 Å². The molecule has 10 heteroatoms. The molecule has 0 aliphatic heterocycles. The summed E-state index contributed by atoms with van der Waals surface area (Å²) in [6.45, 7) is 0. The quantitative estimate of drug-likeness (QED) is 0.403. The predicted octanol–water partition coefficient (Wildman–Crippen LogP) is 5.44. The van der Waals surface area contributed by atoms with Gasteiger partial charge in [0, 0.05) is 0 Å². The van der Waals surface area contributed by atoms with Crippen molar-refractivity contribution in [1.82, 2.24) is 10.2 Å². The van der Waals surface area contributed by atoms with Gasteiger partial charge in [0.1, 0.15) is 5.75 Å². The summed E-state index contributed by atoms with van der Waals surface area (Å²) in [7, 11) is 1.56. The Morgan fingerprint density at radius 2 is 1.89 bits per heavy atom. The second kappa shape index (κ2) is 8.84. The molecule has 140 valence electrons. The number of nitrogens with one attached hydrogen (secondary N) is 1. The summed E-state index contributed by atoms with van der Waals surface area (Å²) in [6.07, 6.45) is 0. The summed E-state index contributed by atoms with van der Waals surface area (Å²) in [5.74, 6) is 0.661. The fourth-order valence-electron chi connectivity index (χ4n) is 2.13. The van der Waals surface area contributed by atoms with Crippen molar-refractivity contribution in [3.05, 3.63) is 51.5 Å². The van der Waals surface area contributed by atoms with Crippen LogP contribution in [0, 0.1) is 0 Å². The molecule has 3 aromatic rings. The number of ether oxygens (including phenoxy) is 1. The van der Waals surface area contributed by atoms with Crippen LogP contribution in [0.25, 0.3) is 11.5 Å². The number of carbonyl (C=O) groups is 1. The van der Waals surface area contributed by atoms with Crippen LogP contribution in [0.5, 0.6) is 5.75 Å². The van der Waals surface area contributed by atoms with Crippen LogP contribution in [0.1, 0.15) is 0 Å². The molecule has 0 atom stereocenters. The van der Waals surface area contributed by atoms with E-state index in [9.17, 15) is 4.79 Å². The van der Waals surface area contributed by atoms with E-state index < -0.39 is 0 Å². The minimum atomic E-state index is -0.308. The molecule has 0 bridgehead atoms. The van der Waals surface area contributed by atoms with Crippen LogP contribution < -0.4 is 10.1 Å². The largest absolute Gasteiger partial charge is 0.496 e. The number of amides is 1. The molecule has 0 unspecified atom stereocenters. The van der Waals surface area contributed by atoms with Crippen molar-refractivity contribution in [1.29, 1.82) is 0 Å². The number of methoxy groups -OCH3 is 1. The monoisotopic (exact) mass is 443 g/mol. The van der Waals surface area contributed by atoms with Crippen LogP contribution >= 0.6 is 46.6 Å². The first kappa shape index (κ1) is 19.8. The van der Waals surface area contributed by atoms with E-state index in [1.807, 2.05) is 12.1 Å². The minimum absolute atomic E-state index is 0.0458. The molecule has 1 N–H and O–H groups in total. The predicted molar refractivity (Wildman–Crippen MR) is 107 cm³/mol. The Kier molecular flexibility index (Phi) is 6.49. The molecule has 1 aromatic heterocycles. The van der Waals surface area contributed by atoms with Crippen molar-refractivity contribution in [2.24, 2.45) is 0 Å². The van der Waals surface area contributed by atoms with Gasteiger partial charge in [-0.2, -0.15) is 0 Å². The Labute approximate surface area is 174 Å². The fourth-order valence-corrected chi connectivity index (χ4v) is 3.29. The summed E-state index contributed by atoms with van der Waals surface area (Å²) in [6, 6.07) is 10.2. The molecule has 0 fully saturated rings. The van der Waals surface area contributed by atoms with Crippen LogP contribution in [-0.4, -0.2) is 29.0 Å². The summed E-state index contributed by atoms with van der Waals surface area (Å²) >= 11 is 18.9. The molecule has 3 rings (SSSR count). The molecule has 1 amide bonds. The molecule has 0 aliphatic rings. The molecule has 1 heterocycles. The first-order valence-electron chi connectivity index (χ1n) is 7.52. The third kappa shape index (κ3) is 4.87. The third-order valence-corrected chi connectivity index (χ3v) is 5.21. The molecule has 0 spiro atoms. The number of halogens is 3. The van der Waals surface area contributed by atoms with Gasteiger partial charge in [0.05, 0.1) is 39.2 Å². The number of para-hydroxylation sites is 1. The molecule has 0 aliphatic carbocycles. The number of thioether (sulfide) groups is 1. The minimum Gasteiger partial charge on any atom is -0.496 e. The summed E-state index contributed by atoms with van der Waals surface area (Å²) in [5, 5.41) is 11.7. The number of carbonyl (C=O) groups excluding carboxylic acids is 1. The normalized spacial score (nSPS) is 10.7. The van der Waals surface area contributed by atoms with E-state index in [1.54, 1.807) is 19.2 Å².